The maximum absolute atomic E-state index is 13.2. The van der Waals surface area contributed by atoms with E-state index in [4.69, 9.17) is 4.74 Å². The highest BCUT2D eigenvalue weighted by Crippen LogP contribution is 2.20. The predicted molar refractivity (Wildman–Crippen MR) is 101 cm³/mol. The highest BCUT2D eigenvalue weighted by Gasteiger charge is 2.16. The van der Waals surface area contributed by atoms with Gasteiger partial charge in [0.1, 0.15) is 19.6 Å². The number of thioether (sulfide) groups is 1. The van der Waals surface area contributed by atoms with Crippen LogP contribution in [0.2, 0.25) is 0 Å². The van der Waals surface area contributed by atoms with Crippen molar-refractivity contribution < 1.29 is 23.2 Å². The molecule has 144 valence electrons. The van der Waals surface area contributed by atoms with Gasteiger partial charge in [-0.2, -0.15) is 0 Å². The largest absolute Gasteiger partial charge is 0.370 e. The van der Waals surface area contributed by atoms with Crippen molar-refractivity contribution in [1.29, 1.82) is 0 Å². The second kappa shape index (κ2) is 9.82. The lowest BCUT2D eigenvalue weighted by molar-refractivity contribution is -0.921. The molecule has 3 rings (SSSR count). The van der Waals surface area contributed by atoms with E-state index in [9.17, 15) is 13.6 Å². The van der Waals surface area contributed by atoms with E-state index < -0.39 is 11.6 Å². The minimum atomic E-state index is -0.903. The Labute approximate surface area is 161 Å². The maximum Gasteiger partial charge on any atom is 0.230 e. The van der Waals surface area contributed by atoms with E-state index >= 15 is 0 Å². The smallest absolute Gasteiger partial charge is 0.230 e. The van der Waals surface area contributed by atoms with Crippen LogP contribution in [0.1, 0.15) is 11.1 Å². The fourth-order valence-electron chi connectivity index (χ4n) is 2.97. The van der Waals surface area contributed by atoms with Crippen LogP contribution in [0.3, 0.4) is 0 Å². The summed E-state index contributed by atoms with van der Waals surface area (Å²) in [6.07, 6.45) is 0. The van der Waals surface area contributed by atoms with Gasteiger partial charge in [-0.3, -0.25) is 4.79 Å². The van der Waals surface area contributed by atoms with E-state index in [-0.39, 0.29) is 11.7 Å². The molecule has 1 saturated heterocycles. The molecule has 1 fully saturated rings. The van der Waals surface area contributed by atoms with Crippen LogP contribution in [-0.4, -0.2) is 38.0 Å². The third-order valence-corrected chi connectivity index (χ3v) is 5.49. The first-order valence-corrected chi connectivity index (χ1v) is 9.93. The fourth-order valence-corrected chi connectivity index (χ4v) is 3.72. The molecular weight excluding hydrogens is 370 g/mol. The molecule has 27 heavy (non-hydrogen) atoms. The molecule has 2 aromatic rings. The number of carbonyl (C=O) groups excluding carboxylic acids is 1. The molecule has 2 N–H and O–H groups in total. The van der Waals surface area contributed by atoms with Crippen molar-refractivity contribution in [3.05, 3.63) is 65.2 Å². The fraction of sp³-hybridized carbons (Fsp3) is 0.350. The lowest BCUT2D eigenvalue weighted by Gasteiger charge is -2.24. The average molecular weight is 393 g/mol. The Morgan fingerprint density at radius 1 is 1.07 bits per heavy atom. The Kier molecular flexibility index (Phi) is 7.20. The first-order chi connectivity index (χ1) is 13.1. The molecule has 0 bridgehead atoms. The Balaban J connectivity index is 1.50. The molecule has 0 radical (unpaired) electrons. The molecule has 1 aliphatic rings. The van der Waals surface area contributed by atoms with Crippen LogP contribution in [-0.2, 0) is 22.6 Å². The molecule has 0 aromatic heterocycles. The van der Waals surface area contributed by atoms with E-state index in [0.717, 1.165) is 50.5 Å². The average Bonchev–Trinajstić information content (AvgIpc) is 2.69. The van der Waals surface area contributed by atoms with E-state index in [1.807, 2.05) is 18.2 Å². The van der Waals surface area contributed by atoms with Crippen LogP contribution in [0.15, 0.2) is 47.4 Å². The number of hydrogen-bond acceptors (Lipinski definition) is 3. The topological polar surface area (TPSA) is 42.8 Å². The van der Waals surface area contributed by atoms with Crippen LogP contribution in [0.5, 0.6) is 0 Å². The van der Waals surface area contributed by atoms with Gasteiger partial charge in [-0.25, -0.2) is 8.78 Å². The third-order valence-electron chi connectivity index (χ3n) is 4.50. The summed E-state index contributed by atoms with van der Waals surface area (Å²) in [7, 11) is 0. The number of carbonyl (C=O) groups is 1. The minimum Gasteiger partial charge on any atom is -0.370 e. The molecule has 7 heteroatoms. The van der Waals surface area contributed by atoms with Gasteiger partial charge < -0.3 is 15.0 Å². The predicted octanol–water partition coefficient (Wildman–Crippen LogP) is 1.79. The van der Waals surface area contributed by atoms with Crippen LogP contribution in [0, 0.1) is 11.6 Å². The molecule has 0 atom stereocenters. The molecule has 1 aliphatic heterocycles. The molecule has 0 spiro atoms. The second-order valence-corrected chi connectivity index (χ2v) is 7.50. The minimum absolute atomic E-state index is 0.141. The summed E-state index contributed by atoms with van der Waals surface area (Å²) < 4.78 is 31.6. The summed E-state index contributed by atoms with van der Waals surface area (Å²) in [4.78, 5) is 14.1. The number of rotatable bonds is 7. The monoisotopic (exact) mass is 393 g/mol. The molecule has 0 saturated carbocycles. The summed E-state index contributed by atoms with van der Waals surface area (Å²) in [5.74, 6) is -1.77. The first-order valence-electron chi connectivity index (χ1n) is 8.94. The number of halogens is 2. The first kappa shape index (κ1) is 19.8. The molecule has 1 heterocycles. The molecular formula is C20H23F2N2O2S+. The van der Waals surface area contributed by atoms with Gasteiger partial charge in [0.2, 0.25) is 5.91 Å². The zero-order valence-corrected chi connectivity index (χ0v) is 15.8. The van der Waals surface area contributed by atoms with Crippen molar-refractivity contribution in [3.8, 4) is 0 Å². The highest BCUT2D eigenvalue weighted by atomic mass is 32.2. The summed E-state index contributed by atoms with van der Waals surface area (Å²) in [6, 6.07) is 11.7. The van der Waals surface area contributed by atoms with Gasteiger partial charge in [-0.05, 0) is 23.8 Å². The number of hydrogen-bond donors (Lipinski definition) is 2. The summed E-state index contributed by atoms with van der Waals surface area (Å²) in [5.41, 5.74) is 2.32. The summed E-state index contributed by atoms with van der Waals surface area (Å²) >= 11 is 1.18. The standard InChI is InChI=1S/C20H22F2N2O2S/c21-18-6-5-17(11-19(18)22)27-14-20(25)23-12-15-3-1-2-4-16(15)13-24-7-9-26-10-8-24/h1-6,11H,7-10,12-14H2,(H,23,25)/p+1. The van der Waals surface area contributed by atoms with E-state index in [2.05, 4.69) is 11.4 Å². The Morgan fingerprint density at radius 3 is 2.56 bits per heavy atom. The van der Waals surface area contributed by atoms with E-state index in [0.29, 0.717) is 11.4 Å². The lowest BCUT2D eigenvalue weighted by Crippen LogP contribution is -3.12. The van der Waals surface area contributed by atoms with Crippen molar-refractivity contribution in [2.24, 2.45) is 0 Å². The molecule has 1 amide bonds. The van der Waals surface area contributed by atoms with Gasteiger partial charge >= 0.3 is 0 Å². The van der Waals surface area contributed by atoms with Crippen molar-refractivity contribution in [1.82, 2.24) is 5.32 Å². The van der Waals surface area contributed by atoms with Crippen molar-refractivity contribution in [2.75, 3.05) is 32.1 Å². The Bertz CT molecular complexity index is 782. The molecule has 2 aromatic carbocycles. The molecule has 0 unspecified atom stereocenters. The zero-order chi connectivity index (χ0) is 19.1. The number of ether oxygens (including phenoxy) is 1. The Morgan fingerprint density at radius 2 is 1.81 bits per heavy atom. The quantitative estimate of drug-likeness (QED) is 0.705. The van der Waals surface area contributed by atoms with Crippen molar-refractivity contribution >= 4 is 17.7 Å². The third kappa shape index (κ3) is 6.02. The number of nitrogens with one attached hydrogen (secondary N) is 2. The van der Waals surface area contributed by atoms with Gasteiger partial charge in [0, 0.05) is 17.0 Å². The Hall–Kier alpha value is -1.96. The van der Waals surface area contributed by atoms with Gasteiger partial charge in [0.05, 0.1) is 19.0 Å². The van der Waals surface area contributed by atoms with Crippen LogP contribution in [0.4, 0.5) is 8.78 Å². The molecule has 4 nitrogen and oxygen atoms in total. The number of quaternary nitrogens is 1. The van der Waals surface area contributed by atoms with Gasteiger partial charge in [0.15, 0.2) is 11.6 Å². The second-order valence-electron chi connectivity index (χ2n) is 6.45. The summed E-state index contributed by atoms with van der Waals surface area (Å²) in [5, 5.41) is 2.91. The van der Waals surface area contributed by atoms with Crippen molar-refractivity contribution in [3.63, 3.8) is 0 Å². The van der Waals surface area contributed by atoms with E-state index in [1.54, 1.807) is 0 Å². The number of amides is 1. The molecule has 0 aliphatic carbocycles. The van der Waals surface area contributed by atoms with Gasteiger partial charge in [0.25, 0.3) is 0 Å². The summed E-state index contributed by atoms with van der Waals surface area (Å²) in [6.45, 7) is 4.93. The lowest BCUT2D eigenvalue weighted by atomic mass is 10.1. The SMILES string of the molecule is O=C(CSc1ccc(F)c(F)c1)NCc1ccccc1C[NH+]1CCOCC1. The van der Waals surface area contributed by atoms with Crippen molar-refractivity contribution in [2.45, 2.75) is 18.0 Å². The zero-order valence-electron chi connectivity index (χ0n) is 15.0. The normalized spacial score (nSPS) is 14.9. The van der Waals surface area contributed by atoms with Crippen LogP contribution < -0.4 is 10.2 Å². The van der Waals surface area contributed by atoms with Crippen LogP contribution in [0.25, 0.3) is 0 Å². The maximum atomic E-state index is 13.2. The number of morpholine rings is 1. The van der Waals surface area contributed by atoms with Gasteiger partial charge in [-0.15, -0.1) is 11.8 Å². The van der Waals surface area contributed by atoms with Crippen LogP contribution >= 0.6 is 11.8 Å². The van der Waals surface area contributed by atoms with E-state index in [1.165, 1.54) is 28.3 Å². The highest BCUT2D eigenvalue weighted by molar-refractivity contribution is 8.00. The van der Waals surface area contributed by atoms with Gasteiger partial charge in [-0.1, -0.05) is 24.3 Å². The number of benzene rings is 2.